The number of likely N-dealkylation sites (tertiary alicyclic amines) is 1. The number of amides is 2. The van der Waals surface area contributed by atoms with Gasteiger partial charge in [0.25, 0.3) is 0 Å². The quantitative estimate of drug-likeness (QED) is 0.893. The molecule has 2 aromatic rings. The van der Waals surface area contributed by atoms with Crippen LogP contribution in [0, 0.1) is 5.82 Å². The normalized spacial score (nSPS) is 17.2. The molecule has 0 aliphatic carbocycles. The van der Waals surface area contributed by atoms with Gasteiger partial charge in [-0.1, -0.05) is 12.1 Å². The van der Waals surface area contributed by atoms with E-state index in [4.69, 9.17) is 4.74 Å². The molecule has 2 amide bonds. The molecular formula is C18H20FN3O3. The van der Waals surface area contributed by atoms with Gasteiger partial charge in [0.15, 0.2) is 0 Å². The lowest BCUT2D eigenvalue weighted by atomic mass is 10.1. The summed E-state index contributed by atoms with van der Waals surface area (Å²) in [5.74, 6) is 0.254. The second kappa shape index (κ2) is 7.94. The molecule has 1 aliphatic rings. The Hall–Kier alpha value is -2.67. The molecule has 25 heavy (non-hydrogen) atoms. The van der Waals surface area contributed by atoms with E-state index in [0.717, 1.165) is 12.8 Å². The van der Waals surface area contributed by atoms with Crippen molar-refractivity contribution >= 4 is 6.03 Å². The average molecular weight is 345 g/mol. The molecule has 0 unspecified atom stereocenters. The summed E-state index contributed by atoms with van der Waals surface area (Å²) in [6.07, 6.45) is 2.61. The fraction of sp³-hybridized carbons (Fsp3) is 0.333. The van der Waals surface area contributed by atoms with Gasteiger partial charge in [-0.2, -0.15) is 0 Å². The molecule has 6 nitrogen and oxygen atoms in total. The van der Waals surface area contributed by atoms with Crippen molar-refractivity contribution in [3.05, 3.63) is 54.0 Å². The second-order valence-corrected chi connectivity index (χ2v) is 5.93. The standard InChI is InChI=1S/C18H20FN3O3/c19-14-5-1-7-16(10-14)25-17-13(4-2-8-20-17)11-21-18(24)22-9-3-6-15(23)12-22/h1-2,4-5,7-8,10,15,23H,3,6,9,11-12H2,(H,21,24)/t15-/m1/s1. The number of rotatable bonds is 4. The predicted molar refractivity (Wildman–Crippen MR) is 89.8 cm³/mol. The molecule has 0 bridgehead atoms. The van der Waals surface area contributed by atoms with Crippen LogP contribution in [0.4, 0.5) is 9.18 Å². The molecule has 1 aromatic carbocycles. The number of carbonyl (C=O) groups excluding carboxylic acids is 1. The van der Waals surface area contributed by atoms with Gasteiger partial charge in [-0.25, -0.2) is 14.2 Å². The first-order valence-electron chi connectivity index (χ1n) is 8.20. The SMILES string of the molecule is O=C(NCc1cccnc1Oc1cccc(F)c1)N1CCC[C@@H](O)C1. The molecule has 1 aliphatic heterocycles. The average Bonchev–Trinajstić information content (AvgIpc) is 2.61. The summed E-state index contributed by atoms with van der Waals surface area (Å²) >= 11 is 0. The summed E-state index contributed by atoms with van der Waals surface area (Å²) in [7, 11) is 0. The van der Waals surface area contributed by atoms with Crippen LogP contribution < -0.4 is 10.1 Å². The molecule has 0 radical (unpaired) electrons. The molecule has 2 N–H and O–H groups in total. The van der Waals surface area contributed by atoms with E-state index in [9.17, 15) is 14.3 Å². The highest BCUT2D eigenvalue weighted by Gasteiger charge is 2.22. The topological polar surface area (TPSA) is 74.7 Å². The van der Waals surface area contributed by atoms with Gasteiger partial charge in [0.05, 0.1) is 6.10 Å². The summed E-state index contributed by atoms with van der Waals surface area (Å²) < 4.78 is 18.9. The van der Waals surface area contributed by atoms with Crippen molar-refractivity contribution in [1.82, 2.24) is 15.2 Å². The third-order valence-electron chi connectivity index (χ3n) is 3.97. The number of pyridine rings is 1. The smallest absolute Gasteiger partial charge is 0.317 e. The number of benzene rings is 1. The zero-order valence-corrected chi connectivity index (χ0v) is 13.7. The summed E-state index contributed by atoms with van der Waals surface area (Å²) in [5.41, 5.74) is 0.678. The maximum Gasteiger partial charge on any atom is 0.317 e. The number of hydrogen-bond acceptors (Lipinski definition) is 4. The number of ether oxygens (including phenoxy) is 1. The number of nitrogens with one attached hydrogen (secondary N) is 1. The number of aromatic nitrogens is 1. The molecule has 2 heterocycles. The predicted octanol–water partition coefficient (Wildman–Crippen LogP) is 2.68. The molecule has 0 spiro atoms. The molecule has 7 heteroatoms. The van der Waals surface area contributed by atoms with Crippen LogP contribution in [0.25, 0.3) is 0 Å². The Balaban J connectivity index is 1.63. The van der Waals surface area contributed by atoms with E-state index in [1.807, 2.05) is 0 Å². The number of carbonyl (C=O) groups is 1. The summed E-state index contributed by atoms with van der Waals surface area (Å²) in [6.45, 7) is 1.19. The van der Waals surface area contributed by atoms with E-state index < -0.39 is 11.9 Å². The molecule has 3 rings (SSSR count). The van der Waals surface area contributed by atoms with E-state index in [1.54, 1.807) is 35.4 Å². The number of urea groups is 1. The van der Waals surface area contributed by atoms with Gasteiger partial charge in [-0.05, 0) is 31.0 Å². The second-order valence-electron chi connectivity index (χ2n) is 5.93. The van der Waals surface area contributed by atoms with Crippen LogP contribution >= 0.6 is 0 Å². The minimum Gasteiger partial charge on any atom is -0.439 e. The van der Waals surface area contributed by atoms with Gasteiger partial charge >= 0.3 is 6.03 Å². The van der Waals surface area contributed by atoms with Crippen LogP contribution in [-0.4, -0.2) is 40.2 Å². The highest BCUT2D eigenvalue weighted by Crippen LogP contribution is 2.23. The van der Waals surface area contributed by atoms with Crippen molar-refractivity contribution in [3.8, 4) is 11.6 Å². The molecule has 1 atom stereocenters. The lowest BCUT2D eigenvalue weighted by molar-refractivity contribution is 0.0841. The van der Waals surface area contributed by atoms with Crippen LogP contribution in [0.15, 0.2) is 42.6 Å². The number of hydrogen-bond donors (Lipinski definition) is 2. The number of β-amino-alcohol motifs (C(OH)–C–C–N with tert-alkyl or cyclic N) is 1. The zero-order chi connectivity index (χ0) is 17.6. The van der Waals surface area contributed by atoms with Crippen LogP contribution in [0.5, 0.6) is 11.6 Å². The van der Waals surface area contributed by atoms with Crippen molar-refractivity contribution in [1.29, 1.82) is 0 Å². The highest BCUT2D eigenvalue weighted by molar-refractivity contribution is 5.74. The van der Waals surface area contributed by atoms with E-state index in [1.165, 1.54) is 12.1 Å². The lowest BCUT2D eigenvalue weighted by Gasteiger charge is -2.30. The van der Waals surface area contributed by atoms with Crippen LogP contribution in [0.1, 0.15) is 18.4 Å². The van der Waals surface area contributed by atoms with Crippen molar-refractivity contribution in [2.75, 3.05) is 13.1 Å². The number of nitrogens with zero attached hydrogens (tertiary/aromatic N) is 2. The lowest BCUT2D eigenvalue weighted by Crippen LogP contribution is -2.46. The van der Waals surface area contributed by atoms with Crippen molar-refractivity contribution < 1.29 is 19.0 Å². The summed E-state index contributed by atoms with van der Waals surface area (Å²) in [4.78, 5) is 18.0. The van der Waals surface area contributed by atoms with E-state index in [-0.39, 0.29) is 12.6 Å². The Kier molecular flexibility index (Phi) is 5.45. The van der Waals surface area contributed by atoms with Gasteiger partial charge in [0.2, 0.25) is 5.88 Å². The minimum absolute atomic E-state index is 0.226. The highest BCUT2D eigenvalue weighted by atomic mass is 19.1. The Morgan fingerprint density at radius 1 is 1.40 bits per heavy atom. The number of piperidine rings is 1. The Morgan fingerprint density at radius 3 is 3.08 bits per heavy atom. The first kappa shape index (κ1) is 17.2. The first-order chi connectivity index (χ1) is 12.1. The fourth-order valence-corrected chi connectivity index (χ4v) is 2.71. The molecule has 0 saturated carbocycles. The van der Waals surface area contributed by atoms with Gasteiger partial charge in [0.1, 0.15) is 11.6 Å². The van der Waals surface area contributed by atoms with Crippen LogP contribution in [0.2, 0.25) is 0 Å². The maximum absolute atomic E-state index is 13.3. The van der Waals surface area contributed by atoms with Crippen molar-refractivity contribution in [2.24, 2.45) is 0 Å². The van der Waals surface area contributed by atoms with Crippen LogP contribution in [0.3, 0.4) is 0 Å². The third kappa shape index (κ3) is 4.67. The molecule has 132 valence electrons. The van der Waals surface area contributed by atoms with E-state index in [2.05, 4.69) is 10.3 Å². The van der Waals surface area contributed by atoms with Gasteiger partial charge in [-0.3, -0.25) is 0 Å². The van der Waals surface area contributed by atoms with Gasteiger partial charge in [0, 0.05) is 37.5 Å². The fourth-order valence-electron chi connectivity index (χ4n) is 2.71. The van der Waals surface area contributed by atoms with Crippen molar-refractivity contribution in [3.63, 3.8) is 0 Å². The molecule has 1 saturated heterocycles. The third-order valence-corrected chi connectivity index (χ3v) is 3.97. The molecular weight excluding hydrogens is 325 g/mol. The van der Waals surface area contributed by atoms with Crippen LogP contribution in [-0.2, 0) is 6.54 Å². The Labute approximate surface area is 145 Å². The zero-order valence-electron chi connectivity index (χ0n) is 13.7. The monoisotopic (exact) mass is 345 g/mol. The molecule has 1 fully saturated rings. The summed E-state index contributed by atoms with van der Waals surface area (Å²) in [5, 5.41) is 12.5. The maximum atomic E-state index is 13.3. The number of aliphatic hydroxyl groups is 1. The van der Waals surface area contributed by atoms with Gasteiger partial charge in [-0.15, -0.1) is 0 Å². The largest absolute Gasteiger partial charge is 0.439 e. The number of halogens is 1. The van der Waals surface area contributed by atoms with E-state index >= 15 is 0 Å². The summed E-state index contributed by atoms with van der Waals surface area (Å²) in [6, 6.07) is 9.08. The Morgan fingerprint density at radius 2 is 2.28 bits per heavy atom. The minimum atomic E-state index is -0.468. The van der Waals surface area contributed by atoms with Crippen molar-refractivity contribution in [2.45, 2.75) is 25.5 Å². The Bertz CT molecular complexity index is 741. The number of aliphatic hydroxyl groups excluding tert-OH is 1. The first-order valence-corrected chi connectivity index (χ1v) is 8.20. The molecule has 1 aromatic heterocycles. The van der Waals surface area contributed by atoms with Gasteiger partial charge < -0.3 is 20.1 Å². The van der Waals surface area contributed by atoms with E-state index in [0.29, 0.717) is 30.3 Å².